The number of hydrogen-bond acceptors (Lipinski definition) is 7. The van der Waals surface area contributed by atoms with E-state index in [1.54, 1.807) is 11.8 Å². The first-order valence-corrected chi connectivity index (χ1v) is 17.6. The van der Waals surface area contributed by atoms with Crippen molar-refractivity contribution in [1.29, 1.82) is 0 Å². The summed E-state index contributed by atoms with van der Waals surface area (Å²) in [6, 6.07) is 0. The topological polar surface area (TPSA) is 65.6 Å². The molecule has 2 radical (unpaired) electrons. The zero-order valence-corrected chi connectivity index (χ0v) is 35.5. The van der Waals surface area contributed by atoms with Crippen LogP contribution in [0.5, 0.6) is 0 Å². The minimum atomic E-state index is 0. The average Bonchev–Trinajstić information content (AvgIpc) is 2.95. The van der Waals surface area contributed by atoms with Gasteiger partial charge in [0.15, 0.2) is 4.32 Å². The summed E-state index contributed by atoms with van der Waals surface area (Å²) in [5.74, 6) is 0. The molecule has 1 saturated heterocycles. The third-order valence-electron chi connectivity index (χ3n) is 5.02. The fraction of sp³-hybridized carbons (Fsp3) is 0.808. The number of piperidine rings is 1. The van der Waals surface area contributed by atoms with E-state index in [1.165, 1.54) is 83.7 Å². The second kappa shape index (κ2) is 41.1. The number of thiocarbonyl (C=S) groups is 3. The van der Waals surface area contributed by atoms with E-state index < -0.39 is 0 Å². The van der Waals surface area contributed by atoms with E-state index in [4.69, 9.17) is 36.7 Å². The van der Waals surface area contributed by atoms with Crippen molar-refractivity contribution in [3.8, 4) is 0 Å². The molecule has 0 aliphatic carbocycles. The Morgan fingerprint density at radius 3 is 1.85 bits per heavy atom. The summed E-state index contributed by atoms with van der Waals surface area (Å²) in [6.07, 6.45) is 17.1. The number of rotatable bonds is 13. The summed E-state index contributed by atoms with van der Waals surface area (Å²) in [6.45, 7) is 11.6. The van der Waals surface area contributed by atoms with Gasteiger partial charge < -0.3 is 20.4 Å². The molecular formula is C26H56N4O2PbS6. The van der Waals surface area contributed by atoms with Crippen molar-refractivity contribution in [2.75, 3.05) is 39.5 Å². The molecule has 3 N–H and O–H groups in total. The summed E-state index contributed by atoms with van der Waals surface area (Å²) in [5.41, 5.74) is 2.33. The molecule has 1 heterocycles. The standard InChI is InChI=1S/C11H23NS2.C7H13NO2S2.C5H11N.C3H7NS2.Pb.2H/c1-3-5-7-9-12(11(13)14)10-8-6-4-2;1-2-3-4-5-12-7(11)8-10-6-9;1-2-4-6-5-3-1;1-4-3(5)6-2;;;/h3-10H2,1-2H3,(H,13,14);5-6,12H,2-4H2,1H3,(H,8,11);6H,1-5H2;1-2H3,(H,4,5);;;. The van der Waals surface area contributed by atoms with E-state index >= 15 is 0 Å². The van der Waals surface area contributed by atoms with Gasteiger partial charge in [-0.15, -0.1) is 35.7 Å². The third-order valence-corrected chi connectivity index (χ3v) is 8.01. The van der Waals surface area contributed by atoms with Gasteiger partial charge in [-0.2, -0.15) is 0 Å². The Morgan fingerprint density at radius 1 is 1.00 bits per heavy atom. The van der Waals surface area contributed by atoms with E-state index in [0.29, 0.717) is 10.8 Å². The fourth-order valence-electron chi connectivity index (χ4n) is 2.86. The van der Waals surface area contributed by atoms with E-state index in [0.717, 1.165) is 39.5 Å². The molecular weight excluding hydrogens is 800 g/mol. The molecule has 1 aliphatic rings. The summed E-state index contributed by atoms with van der Waals surface area (Å²) in [7, 11) is 1.82. The van der Waals surface area contributed by atoms with Gasteiger partial charge in [-0.3, -0.25) is 4.79 Å². The number of thioether (sulfide) groups is 1. The molecule has 13 heteroatoms. The van der Waals surface area contributed by atoms with Crippen molar-refractivity contribution in [2.24, 2.45) is 0 Å². The Bertz CT molecular complexity index is 573. The molecule has 0 atom stereocenters. The average molecular weight is 856 g/mol. The number of unbranched alkanes of at least 4 members (excludes halogenated alkanes) is 6. The van der Waals surface area contributed by atoms with E-state index in [1.807, 2.05) is 18.7 Å². The van der Waals surface area contributed by atoms with Crippen LogP contribution in [0.1, 0.15) is 97.8 Å². The summed E-state index contributed by atoms with van der Waals surface area (Å²) in [4.78, 5) is 16.2. The van der Waals surface area contributed by atoms with Gasteiger partial charge in [0, 0.05) is 20.1 Å². The number of nitrogens with one attached hydrogen (secondary N) is 3. The van der Waals surface area contributed by atoms with Gasteiger partial charge >= 0.3 is 33.8 Å². The molecule has 1 rings (SSSR count). The van der Waals surface area contributed by atoms with Gasteiger partial charge in [0.05, 0.1) is 0 Å². The second-order valence-corrected chi connectivity index (χ2v) is 12.7. The second-order valence-electron chi connectivity index (χ2n) is 8.31. The summed E-state index contributed by atoms with van der Waals surface area (Å²) < 4.78 is 2.12. The Kier molecular flexibility index (Phi) is 49.4. The number of hydrogen-bond donors (Lipinski definition) is 5. The fourth-order valence-corrected chi connectivity index (χ4v) is 4.30. The van der Waals surface area contributed by atoms with Crippen LogP contribution in [-0.2, 0) is 9.63 Å². The Morgan fingerprint density at radius 2 is 1.54 bits per heavy atom. The van der Waals surface area contributed by atoms with Crippen molar-refractivity contribution < 1.29 is 9.63 Å². The molecule has 0 aromatic heterocycles. The van der Waals surface area contributed by atoms with Crippen LogP contribution in [0.3, 0.4) is 0 Å². The molecule has 0 spiro atoms. The monoisotopic (exact) mass is 856 g/mol. The van der Waals surface area contributed by atoms with Gasteiger partial charge in [0.2, 0.25) is 0 Å². The van der Waals surface area contributed by atoms with Crippen molar-refractivity contribution in [3.63, 3.8) is 0 Å². The van der Waals surface area contributed by atoms with Gasteiger partial charge in [0.25, 0.3) is 0 Å². The van der Waals surface area contributed by atoms with Gasteiger partial charge in [0.1, 0.15) is 8.64 Å². The zero-order chi connectivity index (χ0) is 29.3. The summed E-state index contributed by atoms with van der Waals surface area (Å²) in [5, 5.41) is 8.14. The molecule has 6 nitrogen and oxygen atoms in total. The maximum atomic E-state index is 9.73. The van der Waals surface area contributed by atoms with Crippen LogP contribution in [0.2, 0.25) is 0 Å². The molecule has 232 valence electrons. The van der Waals surface area contributed by atoms with E-state index in [-0.39, 0.29) is 27.3 Å². The van der Waals surface area contributed by atoms with Crippen LogP contribution in [0, 0.1) is 0 Å². The van der Waals surface area contributed by atoms with Crippen molar-refractivity contribution >= 4 is 124 Å². The number of nitrogens with zero attached hydrogens (tertiary/aromatic N) is 1. The van der Waals surface area contributed by atoms with Crippen LogP contribution in [0.15, 0.2) is 0 Å². The number of carbonyl (C=O) groups excluding carboxylic acids is 1. The van der Waals surface area contributed by atoms with Crippen molar-refractivity contribution in [1.82, 2.24) is 21.0 Å². The zero-order valence-electron chi connectivity index (χ0n) is 25.0. The number of carbonyl (C=O) groups is 1. The maximum absolute atomic E-state index is 9.73. The summed E-state index contributed by atoms with van der Waals surface area (Å²) >= 11 is 21.3. The molecule has 0 saturated carbocycles. The van der Waals surface area contributed by atoms with Crippen LogP contribution in [-0.4, -0.2) is 96.5 Å². The molecule has 1 fully saturated rings. The van der Waals surface area contributed by atoms with E-state index in [9.17, 15) is 4.79 Å². The molecule has 39 heavy (non-hydrogen) atoms. The SMILES string of the molecule is C1CCNCC1.CCCCC=[SH]C(=S)NOC=O.CCCCCN(CCCCC)C(=S)S.CNC(=S)SC.[PbH2]. The molecule has 0 aromatic rings. The molecule has 1 aliphatic heterocycles. The number of hydroxylamine groups is 1. The molecule has 0 amide bonds. The number of thiol groups is 2. The predicted octanol–water partition coefficient (Wildman–Crippen LogP) is 5.99. The van der Waals surface area contributed by atoms with E-state index in [2.05, 4.69) is 59.3 Å². The Balaban J connectivity index is -0.000000221. The van der Waals surface area contributed by atoms with Crippen molar-refractivity contribution in [3.05, 3.63) is 0 Å². The molecule has 0 aromatic carbocycles. The first kappa shape index (κ1) is 46.9. The first-order chi connectivity index (χ1) is 18.3. The van der Waals surface area contributed by atoms with Crippen LogP contribution < -0.4 is 16.1 Å². The van der Waals surface area contributed by atoms with Gasteiger partial charge in [-0.05, 0) is 57.9 Å². The van der Waals surface area contributed by atoms with Gasteiger partial charge in [-0.25, -0.2) is 5.48 Å². The quantitative estimate of drug-likeness (QED) is 0.0382. The van der Waals surface area contributed by atoms with Crippen LogP contribution in [0.25, 0.3) is 0 Å². The predicted molar refractivity (Wildman–Crippen MR) is 200 cm³/mol. The Hall–Kier alpha value is 0.942. The van der Waals surface area contributed by atoms with Crippen LogP contribution >= 0.6 is 72.4 Å². The van der Waals surface area contributed by atoms with Gasteiger partial charge in [-0.1, -0.05) is 101 Å². The molecule has 0 unspecified atom stereocenters. The third kappa shape index (κ3) is 43.5. The minimum absolute atomic E-state index is 0. The normalized spacial score (nSPS) is 11.7. The first-order valence-electron chi connectivity index (χ1n) is 13.7. The van der Waals surface area contributed by atoms with Crippen molar-refractivity contribution in [2.45, 2.75) is 97.8 Å². The molecule has 0 bridgehead atoms. The Labute approximate surface area is 289 Å². The van der Waals surface area contributed by atoms with Crippen LogP contribution in [0.4, 0.5) is 0 Å².